The van der Waals surface area contributed by atoms with Crippen molar-refractivity contribution in [2.75, 3.05) is 18.1 Å². The molecule has 2 aromatic carbocycles. The maximum absolute atomic E-state index is 9.68. The fourth-order valence-corrected chi connectivity index (χ4v) is 4.07. The van der Waals surface area contributed by atoms with Crippen molar-refractivity contribution < 1.29 is 5.11 Å². The Kier molecular flexibility index (Phi) is 3.60. The molecule has 0 amide bonds. The molecule has 0 bridgehead atoms. The number of anilines is 1. The average Bonchev–Trinajstić information content (AvgIpc) is 3.34. The van der Waals surface area contributed by atoms with Gasteiger partial charge in [0, 0.05) is 18.3 Å². The maximum atomic E-state index is 9.68. The molecule has 1 saturated heterocycles. The van der Waals surface area contributed by atoms with Gasteiger partial charge in [-0.3, -0.25) is 0 Å². The van der Waals surface area contributed by atoms with E-state index < -0.39 is 0 Å². The number of aliphatic hydroxyl groups is 1. The number of hydrogen-bond acceptors (Lipinski definition) is 4. The third kappa shape index (κ3) is 2.28. The molecule has 1 aliphatic rings. The second-order valence-corrected chi connectivity index (χ2v) is 6.80. The molecular weight excluding hydrogens is 324 g/mol. The van der Waals surface area contributed by atoms with Gasteiger partial charge in [-0.2, -0.15) is 9.61 Å². The Hall–Kier alpha value is -2.92. The predicted molar refractivity (Wildman–Crippen MR) is 103 cm³/mol. The van der Waals surface area contributed by atoms with Crippen LogP contribution < -0.4 is 4.90 Å². The van der Waals surface area contributed by atoms with E-state index in [9.17, 15) is 5.11 Å². The van der Waals surface area contributed by atoms with Crippen LogP contribution in [0.25, 0.3) is 27.5 Å². The van der Waals surface area contributed by atoms with Gasteiger partial charge in [-0.05, 0) is 35.2 Å². The monoisotopic (exact) mass is 344 g/mol. The summed E-state index contributed by atoms with van der Waals surface area (Å²) in [6, 6.07) is 16.9. The molecule has 130 valence electrons. The lowest BCUT2D eigenvalue weighted by molar-refractivity contribution is 0.265. The summed E-state index contributed by atoms with van der Waals surface area (Å²) < 4.78 is 1.91. The van der Waals surface area contributed by atoms with E-state index in [1.807, 2.05) is 23.0 Å². The van der Waals surface area contributed by atoms with Gasteiger partial charge in [0.1, 0.15) is 5.82 Å². The summed E-state index contributed by atoms with van der Waals surface area (Å²) in [5.41, 5.74) is 3.02. The van der Waals surface area contributed by atoms with Crippen molar-refractivity contribution in [2.45, 2.75) is 18.9 Å². The number of hydrogen-bond donors (Lipinski definition) is 1. The number of benzene rings is 2. The van der Waals surface area contributed by atoms with E-state index >= 15 is 0 Å². The summed E-state index contributed by atoms with van der Waals surface area (Å²) in [7, 11) is 0. The largest absolute Gasteiger partial charge is 0.394 e. The summed E-state index contributed by atoms with van der Waals surface area (Å²) in [5.74, 6) is 0.998. The van der Waals surface area contributed by atoms with Gasteiger partial charge in [-0.25, -0.2) is 4.98 Å². The molecule has 1 fully saturated rings. The fraction of sp³-hybridized carbons (Fsp3) is 0.238. The number of rotatable bonds is 3. The van der Waals surface area contributed by atoms with E-state index in [0.717, 1.165) is 42.0 Å². The van der Waals surface area contributed by atoms with Crippen LogP contribution >= 0.6 is 0 Å². The van der Waals surface area contributed by atoms with Crippen LogP contribution in [0, 0.1) is 0 Å². The smallest absolute Gasteiger partial charge is 0.165 e. The van der Waals surface area contributed by atoms with Crippen molar-refractivity contribution >= 4 is 22.2 Å². The first kappa shape index (κ1) is 15.3. The normalized spacial score (nSPS) is 17.4. The third-order valence-electron chi connectivity index (χ3n) is 5.34. The molecule has 0 spiro atoms. The first-order chi connectivity index (χ1) is 12.9. The van der Waals surface area contributed by atoms with Crippen LogP contribution in [0.2, 0.25) is 0 Å². The van der Waals surface area contributed by atoms with Crippen LogP contribution in [-0.4, -0.2) is 38.9 Å². The van der Waals surface area contributed by atoms with Gasteiger partial charge in [0.25, 0.3) is 0 Å². The summed E-state index contributed by atoms with van der Waals surface area (Å²) in [6.07, 6.45) is 5.84. The van der Waals surface area contributed by atoms with Gasteiger partial charge < -0.3 is 10.0 Å². The first-order valence-corrected chi connectivity index (χ1v) is 9.05. The molecule has 4 aromatic rings. The van der Waals surface area contributed by atoms with Crippen LogP contribution in [0.4, 0.5) is 5.82 Å². The Morgan fingerprint density at radius 2 is 1.92 bits per heavy atom. The van der Waals surface area contributed by atoms with Gasteiger partial charge in [-0.15, -0.1) is 0 Å². The van der Waals surface area contributed by atoms with Crippen LogP contribution in [0.3, 0.4) is 0 Å². The highest BCUT2D eigenvalue weighted by atomic mass is 16.3. The lowest BCUT2D eigenvalue weighted by atomic mass is 10.0. The fourth-order valence-electron chi connectivity index (χ4n) is 4.07. The molecule has 2 aromatic heterocycles. The molecule has 1 atom stereocenters. The van der Waals surface area contributed by atoms with Crippen molar-refractivity contribution in [2.24, 2.45) is 0 Å². The average molecular weight is 344 g/mol. The van der Waals surface area contributed by atoms with Crippen LogP contribution in [-0.2, 0) is 0 Å². The minimum absolute atomic E-state index is 0.158. The molecule has 3 heterocycles. The van der Waals surface area contributed by atoms with Gasteiger partial charge in [0.2, 0.25) is 0 Å². The number of fused-ring (bicyclic) bond motifs is 2. The zero-order valence-electron chi connectivity index (χ0n) is 14.4. The van der Waals surface area contributed by atoms with Crippen molar-refractivity contribution in [1.29, 1.82) is 0 Å². The Labute approximate surface area is 151 Å². The lowest BCUT2D eigenvalue weighted by Crippen LogP contribution is -2.33. The molecule has 1 N–H and O–H groups in total. The van der Waals surface area contributed by atoms with Gasteiger partial charge >= 0.3 is 0 Å². The Bertz CT molecular complexity index is 1080. The van der Waals surface area contributed by atoms with Crippen molar-refractivity contribution in [3.63, 3.8) is 0 Å². The zero-order chi connectivity index (χ0) is 17.5. The summed E-state index contributed by atoms with van der Waals surface area (Å²) in [6.45, 7) is 1.11. The molecule has 5 rings (SSSR count). The summed E-state index contributed by atoms with van der Waals surface area (Å²) in [4.78, 5) is 6.86. The van der Waals surface area contributed by atoms with Crippen molar-refractivity contribution in [3.05, 3.63) is 60.9 Å². The van der Waals surface area contributed by atoms with E-state index in [0.29, 0.717) is 0 Å². The molecule has 5 nitrogen and oxygen atoms in total. The van der Waals surface area contributed by atoms with Gasteiger partial charge in [0.15, 0.2) is 5.65 Å². The lowest BCUT2D eigenvalue weighted by Gasteiger charge is -2.25. The van der Waals surface area contributed by atoms with Crippen LogP contribution in [0.1, 0.15) is 12.8 Å². The number of nitrogens with zero attached hydrogens (tertiary/aromatic N) is 4. The minimum atomic E-state index is 0.158. The topological polar surface area (TPSA) is 53.7 Å². The molecule has 1 aliphatic heterocycles. The number of aliphatic hydroxyl groups excluding tert-OH is 1. The SMILES string of the molecule is OCC1CCCN1c1ccnc2c(-c3cccc4ccccc34)cnn12. The van der Waals surface area contributed by atoms with Crippen LogP contribution in [0.15, 0.2) is 60.9 Å². The Morgan fingerprint density at radius 3 is 2.85 bits per heavy atom. The van der Waals surface area contributed by atoms with Crippen molar-refractivity contribution in [3.8, 4) is 11.1 Å². The van der Waals surface area contributed by atoms with E-state index in [1.54, 1.807) is 0 Å². The van der Waals surface area contributed by atoms with Crippen LogP contribution in [0.5, 0.6) is 0 Å². The van der Waals surface area contributed by atoms with E-state index in [-0.39, 0.29) is 12.6 Å². The second kappa shape index (κ2) is 6.11. The highest BCUT2D eigenvalue weighted by molar-refractivity contribution is 5.99. The Morgan fingerprint density at radius 1 is 1.04 bits per heavy atom. The summed E-state index contributed by atoms with van der Waals surface area (Å²) in [5, 5.41) is 16.7. The predicted octanol–water partition coefficient (Wildman–Crippen LogP) is 3.51. The minimum Gasteiger partial charge on any atom is -0.394 e. The first-order valence-electron chi connectivity index (χ1n) is 9.05. The standard InChI is InChI=1S/C21H20N4O/c26-14-16-7-4-12-24(16)20-10-11-22-21-19(13-23-25(20)21)18-9-3-6-15-5-1-2-8-17(15)18/h1-3,5-6,8-11,13,16,26H,4,7,12,14H2. The summed E-state index contributed by atoms with van der Waals surface area (Å²) >= 11 is 0. The zero-order valence-corrected chi connectivity index (χ0v) is 14.4. The molecule has 1 unspecified atom stereocenters. The highest BCUT2D eigenvalue weighted by Gasteiger charge is 2.26. The van der Waals surface area contributed by atoms with Gasteiger partial charge in [-0.1, -0.05) is 42.5 Å². The van der Waals surface area contributed by atoms with Crippen molar-refractivity contribution in [1.82, 2.24) is 14.6 Å². The molecule has 0 saturated carbocycles. The van der Waals surface area contributed by atoms with E-state index in [2.05, 4.69) is 57.4 Å². The maximum Gasteiger partial charge on any atom is 0.165 e. The number of aromatic nitrogens is 3. The van der Waals surface area contributed by atoms with E-state index in [1.165, 1.54) is 10.8 Å². The quantitative estimate of drug-likeness (QED) is 0.618. The molecule has 26 heavy (non-hydrogen) atoms. The second-order valence-electron chi connectivity index (χ2n) is 6.80. The molecule has 5 heteroatoms. The molecule has 0 aliphatic carbocycles. The van der Waals surface area contributed by atoms with E-state index in [4.69, 9.17) is 0 Å². The highest BCUT2D eigenvalue weighted by Crippen LogP contribution is 2.33. The van der Waals surface area contributed by atoms with Gasteiger partial charge in [0.05, 0.1) is 18.8 Å². The molecular formula is C21H20N4O. The molecule has 0 radical (unpaired) electrons. The Balaban J connectivity index is 1.70. The third-order valence-corrected chi connectivity index (χ3v) is 5.34.